The van der Waals surface area contributed by atoms with Crippen LogP contribution in [0.25, 0.3) is 0 Å². The van der Waals surface area contributed by atoms with Crippen molar-refractivity contribution in [2.24, 2.45) is 0 Å². The average molecular weight is 254 g/mol. The third kappa shape index (κ3) is 5.73. The van der Waals surface area contributed by atoms with Crippen LogP contribution >= 0.6 is 11.6 Å². The van der Waals surface area contributed by atoms with Crippen molar-refractivity contribution in [2.45, 2.75) is 38.5 Å². The monoisotopic (exact) mass is 253 g/mol. The van der Waals surface area contributed by atoms with E-state index in [0.717, 1.165) is 18.4 Å². The fourth-order valence-electron chi connectivity index (χ4n) is 1.71. The van der Waals surface area contributed by atoms with Gasteiger partial charge in [-0.1, -0.05) is 43.2 Å². The molecule has 1 rings (SSSR count). The second kappa shape index (κ2) is 7.33. The van der Waals surface area contributed by atoms with E-state index in [1.807, 2.05) is 31.2 Å². The molecule has 0 aliphatic heterocycles. The maximum Gasteiger partial charge on any atom is 0.224 e. The highest BCUT2D eigenvalue weighted by Gasteiger charge is 2.07. The van der Waals surface area contributed by atoms with Crippen LogP contribution in [0.5, 0.6) is 0 Å². The van der Waals surface area contributed by atoms with Gasteiger partial charge < -0.3 is 5.32 Å². The first-order valence-electron chi connectivity index (χ1n) is 6.08. The van der Waals surface area contributed by atoms with Gasteiger partial charge in [0.15, 0.2) is 0 Å². The molecule has 17 heavy (non-hydrogen) atoms. The van der Waals surface area contributed by atoms with Crippen LogP contribution in [0.3, 0.4) is 0 Å². The smallest absolute Gasteiger partial charge is 0.224 e. The molecule has 0 bridgehead atoms. The highest BCUT2D eigenvalue weighted by molar-refractivity contribution is 6.20. The normalized spacial score (nSPS) is 12.2. The maximum absolute atomic E-state index is 11.7. The lowest BCUT2D eigenvalue weighted by Crippen LogP contribution is -2.30. The zero-order chi connectivity index (χ0) is 12.7. The molecule has 3 heteroatoms. The molecule has 94 valence electrons. The number of amides is 1. The SMILES string of the molecule is CCCC(Cl)CNC(=O)Cc1cccc(C)c1. The summed E-state index contributed by atoms with van der Waals surface area (Å²) < 4.78 is 0. The van der Waals surface area contributed by atoms with Crippen LogP contribution in [0.4, 0.5) is 0 Å². The Kier molecular flexibility index (Phi) is 6.06. The first-order chi connectivity index (χ1) is 8.11. The fraction of sp³-hybridized carbons (Fsp3) is 0.500. The van der Waals surface area contributed by atoms with Crippen molar-refractivity contribution in [1.29, 1.82) is 0 Å². The molecule has 0 aliphatic rings. The molecule has 1 aromatic rings. The molecule has 1 N–H and O–H groups in total. The molecule has 0 spiro atoms. The molecule has 0 radical (unpaired) electrons. The second-order valence-electron chi connectivity index (χ2n) is 4.36. The minimum Gasteiger partial charge on any atom is -0.354 e. The van der Waals surface area contributed by atoms with E-state index >= 15 is 0 Å². The molecular formula is C14H20ClNO. The number of benzene rings is 1. The third-order valence-corrected chi connectivity index (χ3v) is 2.94. The van der Waals surface area contributed by atoms with Gasteiger partial charge in [-0.3, -0.25) is 4.79 Å². The van der Waals surface area contributed by atoms with E-state index in [9.17, 15) is 4.79 Å². The van der Waals surface area contributed by atoms with Gasteiger partial charge in [0.1, 0.15) is 0 Å². The molecule has 0 saturated heterocycles. The van der Waals surface area contributed by atoms with Gasteiger partial charge >= 0.3 is 0 Å². The van der Waals surface area contributed by atoms with E-state index < -0.39 is 0 Å². The van der Waals surface area contributed by atoms with Gasteiger partial charge in [0.2, 0.25) is 5.91 Å². The summed E-state index contributed by atoms with van der Waals surface area (Å²) in [5.74, 6) is 0.0392. The summed E-state index contributed by atoms with van der Waals surface area (Å²) in [6.45, 7) is 4.67. The van der Waals surface area contributed by atoms with Crippen molar-refractivity contribution in [1.82, 2.24) is 5.32 Å². The summed E-state index contributed by atoms with van der Waals surface area (Å²) in [7, 11) is 0. The van der Waals surface area contributed by atoms with Crippen molar-refractivity contribution in [3.05, 3.63) is 35.4 Å². The van der Waals surface area contributed by atoms with Gasteiger partial charge in [-0.25, -0.2) is 0 Å². The summed E-state index contributed by atoms with van der Waals surface area (Å²) in [6.07, 6.45) is 2.41. The van der Waals surface area contributed by atoms with Gasteiger partial charge in [-0.05, 0) is 18.9 Å². The Labute approximate surface area is 108 Å². The molecule has 2 nitrogen and oxygen atoms in total. The van der Waals surface area contributed by atoms with Crippen LogP contribution in [0.2, 0.25) is 0 Å². The van der Waals surface area contributed by atoms with Crippen molar-refractivity contribution < 1.29 is 4.79 Å². The Morgan fingerprint density at radius 2 is 2.24 bits per heavy atom. The topological polar surface area (TPSA) is 29.1 Å². The number of hydrogen-bond acceptors (Lipinski definition) is 1. The zero-order valence-corrected chi connectivity index (χ0v) is 11.3. The van der Waals surface area contributed by atoms with Crippen LogP contribution in [0, 0.1) is 6.92 Å². The van der Waals surface area contributed by atoms with E-state index in [1.54, 1.807) is 0 Å². The predicted molar refractivity (Wildman–Crippen MR) is 72.4 cm³/mol. The summed E-state index contributed by atoms with van der Waals surface area (Å²) in [5, 5.41) is 2.91. The van der Waals surface area contributed by atoms with Gasteiger partial charge in [0.05, 0.1) is 11.8 Å². The Balaban J connectivity index is 2.34. The number of halogens is 1. The Bertz CT molecular complexity index is 365. The van der Waals surface area contributed by atoms with Gasteiger partial charge in [0.25, 0.3) is 0 Å². The Morgan fingerprint density at radius 3 is 2.88 bits per heavy atom. The molecule has 0 heterocycles. The minimum absolute atomic E-state index is 0.0392. The number of aryl methyl sites for hydroxylation is 1. The van der Waals surface area contributed by atoms with Gasteiger partial charge in [-0.2, -0.15) is 0 Å². The lowest BCUT2D eigenvalue weighted by molar-refractivity contribution is -0.120. The number of nitrogens with one attached hydrogen (secondary N) is 1. The molecule has 0 aromatic heterocycles. The lowest BCUT2D eigenvalue weighted by Gasteiger charge is -2.10. The highest BCUT2D eigenvalue weighted by Crippen LogP contribution is 2.06. The van der Waals surface area contributed by atoms with Crippen LogP contribution < -0.4 is 5.32 Å². The molecule has 0 aliphatic carbocycles. The maximum atomic E-state index is 11.7. The van der Waals surface area contributed by atoms with Gasteiger partial charge in [-0.15, -0.1) is 11.6 Å². The molecular weight excluding hydrogens is 234 g/mol. The van der Waals surface area contributed by atoms with Crippen molar-refractivity contribution in [2.75, 3.05) is 6.54 Å². The van der Waals surface area contributed by atoms with Crippen molar-refractivity contribution in [3.8, 4) is 0 Å². The third-order valence-electron chi connectivity index (χ3n) is 2.57. The van der Waals surface area contributed by atoms with E-state index in [-0.39, 0.29) is 11.3 Å². The first kappa shape index (κ1) is 14.0. The highest BCUT2D eigenvalue weighted by atomic mass is 35.5. The molecule has 0 fully saturated rings. The van der Waals surface area contributed by atoms with Crippen LogP contribution in [0.1, 0.15) is 30.9 Å². The molecule has 1 amide bonds. The van der Waals surface area contributed by atoms with E-state index in [1.165, 1.54) is 5.56 Å². The summed E-state index contributed by atoms with van der Waals surface area (Å²) in [4.78, 5) is 11.7. The standard InChI is InChI=1S/C14H20ClNO/c1-3-5-13(15)10-16-14(17)9-12-7-4-6-11(2)8-12/h4,6-8,13H,3,5,9-10H2,1-2H3,(H,16,17). The largest absolute Gasteiger partial charge is 0.354 e. The van der Waals surface area contributed by atoms with Crippen LogP contribution in [-0.2, 0) is 11.2 Å². The van der Waals surface area contributed by atoms with E-state index in [2.05, 4.69) is 12.2 Å². The summed E-state index contributed by atoms with van der Waals surface area (Å²) >= 11 is 6.04. The summed E-state index contributed by atoms with van der Waals surface area (Å²) in [6, 6.07) is 8.00. The van der Waals surface area contributed by atoms with Crippen LogP contribution in [0.15, 0.2) is 24.3 Å². The molecule has 0 saturated carbocycles. The number of carbonyl (C=O) groups excluding carboxylic acids is 1. The summed E-state index contributed by atoms with van der Waals surface area (Å²) in [5.41, 5.74) is 2.22. The number of carbonyl (C=O) groups is 1. The number of hydrogen-bond donors (Lipinski definition) is 1. The lowest BCUT2D eigenvalue weighted by atomic mass is 10.1. The van der Waals surface area contributed by atoms with Crippen molar-refractivity contribution in [3.63, 3.8) is 0 Å². The fourth-order valence-corrected chi connectivity index (χ4v) is 2.01. The Morgan fingerprint density at radius 1 is 1.47 bits per heavy atom. The first-order valence-corrected chi connectivity index (χ1v) is 6.51. The Hall–Kier alpha value is -1.02. The second-order valence-corrected chi connectivity index (χ2v) is 4.97. The van der Waals surface area contributed by atoms with E-state index in [4.69, 9.17) is 11.6 Å². The molecule has 1 aromatic carbocycles. The average Bonchev–Trinajstić information content (AvgIpc) is 2.27. The molecule has 1 atom stereocenters. The predicted octanol–water partition coefficient (Wildman–Crippen LogP) is 3.06. The van der Waals surface area contributed by atoms with Gasteiger partial charge in [0, 0.05) is 6.54 Å². The minimum atomic E-state index is 0.0392. The number of rotatable bonds is 6. The number of alkyl halides is 1. The molecule has 1 unspecified atom stereocenters. The zero-order valence-electron chi connectivity index (χ0n) is 10.5. The van der Waals surface area contributed by atoms with E-state index in [0.29, 0.717) is 13.0 Å². The van der Waals surface area contributed by atoms with Crippen molar-refractivity contribution >= 4 is 17.5 Å². The quantitative estimate of drug-likeness (QED) is 0.776. The van der Waals surface area contributed by atoms with Crippen LogP contribution in [-0.4, -0.2) is 17.8 Å².